The summed E-state index contributed by atoms with van der Waals surface area (Å²) < 4.78 is 12.8. The first kappa shape index (κ1) is 7.81. The topological polar surface area (TPSA) is 0 Å². The molecule has 0 aromatic heterocycles. The van der Waals surface area contributed by atoms with E-state index in [2.05, 4.69) is 5.92 Å². The molecule has 0 saturated heterocycles. The van der Waals surface area contributed by atoms with Crippen molar-refractivity contribution in [3.63, 3.8) is 0 Å². The Balaban J connectivity index is 3.40. The van der Waals surface area contributed by atoms with Gasteiger partial charge in [-0.25, -0.2) is 4.39 Å². The van der Waals surface area contributed by atoms with E-state index in [1.54, 1.807) is 13.0 Å². The third kappa shape index (κ3) is 1.25. The second-order valence-corrected chi connectivity index (χ2v) is 2.49. The van der Waals surface area contributed by atoms with Crippen LogP contribution in [-0.4, -0.2) is 0 Å². The lowest BCUT2D eigenvalue weighted by atomic mass is 10.0. The molecule has 56 valence electrons. The van der Waals surface area contributed by atoms with Crippen LogP contribution >= 0.6 is 0 Å². The van der Waals surface area contributed by atoms with Gasteiger partial charge in [0.2, 0.25) is 0 Å². The van der Waals surface area contributed by atoms with Gasteiger partial charge in [0.25, 0.3) is 0 Å². The Kier molecular flexibility index (Phi) is 1.96. The Morgan fingerprint density at radius 3 is 2.45 bits per heavy atom. The van der Waals surface area contributed by atoms with Gasteiger partial charge in [0.05, 0.1) is 0 Å². The summed E-state index contributed by atoms with van der Waals surface area (Å²) in [7, 11) is 0. The number of halogens is 1. The molecule has 1 aromatic carbocycles. The van der Waals surface area contributed by atoms with Gasteiger partial charge >= 0.3 is 0 Å². The van der Waals surface area contributed by atoms with Crippen LogP contribution in [0.25, 0.3) is 0 Å². The third-order valence-electron chi connectivity index (χ3n) is 1.88. The highest BCUT2D eigenvalue weighted by atomic mass is 19.1. The van der Waals surface area contributed by atoms with Crippen LogP contribution in [0.3, 0.4) is 0 Å². The fraction of sp³-hybridized carbons (Fsp3) is 0.200. The normalized spacial score (nSPS) is 9.27. The quantitative estimate of drug-likeness (QED) is 0.496. The van der Waals surface area contributed by atoms with Crippen LogP contribution < -0.4 is 0 Å². The summed E-state index contributed by atoms with van der Waals surface area (Å²) in [6.07, 6.45) is 5.20. The highest BCUT2D eigenvalue weighted by Gasteiger charge is 2.02. The Labute approximate surface area is 66.1 Å². The summed E-state index contributed by atoms with van der Waals surface area (Å²) in [6.45, 7) is 3.55. The molecule has 0 fully saturated rings. The molecule has 0 unspecified atom stereocenters. The number of hydrogen-bond donors (Lipinski definition) is 0. The van der Waals surface area contributed by atoms with Crippen LogP contribution in [0.2, 0.25) is 0 Å². The maximum atomic E-state index is 12.8. The molecule has 1 heteroatoms. The SMILES string of the molecule is C#Cc1ccc(F)c(C)c1C. The van der Waals surface area contributed by atoms with Crippen LogP contribution in [0.4, 0.5) is 4.39 Å². The molecular weight excluding hydrogens is 139 g/mol. The Bertz CT molecular complexity index is 318. The second kappa shape index (κ2) is 2.75. The maximum absolute atomic E-state index is 12.8. The van der Waals surface area contributed by atoms with Gasteiger partial charge in [-0.1, -0.05) is 5.92 Å². The molecule has 0 N–H and O–H groups in total. The predicted octanol–water partition coefficient (Wildman–Crippen LogP) is 2.42. The molecule has 0 bridgehead atoms. The van der Waals surface area contributed by atoms with E-state index < -0.39 is 0 Å². The molecule has 0 spiro atoms. The fourth-order valence-corrected chi connectivity index (χ4v) is 0.944. The van der Waals surface area contributed by atoms with Gasteiger partial charge in [-0.05, 0) is 37.1 Å². The zero-order valence-corrected chi connectivity index (χ0v) is 6.61. The molecular formula is C10H9F. The molecule has 0 radical (unpaired) electrons. The molecule has 1 aromatic rings. The van der Waals surface area contributed by atoms with Crippen molar-refractivity contribution in [3.05, 3.63) is 34.6 Å². The number of terminal acetylenes is 1. The van der Waals surface area contributed by atoms with Crippen molar-refractivity contribution in [3.8, 4) is 12.3 Å². The smallest absolute Gasteiger partial charge is 0.126 e. The molecule has 1 rings (SSSR count). The summed E-state index contributed by atoms with van der Waals surface area (Å²) in [5.74, 6) is 2.30. The second-order valence-electron chi connectivity index (χ2n) is 2.49. The largest absolute Gasteiger partial charge is 0.207 e. The Hall–Kier alpha value is -1.29. The van der Waals surface area contributed by atoms with Crippen LogP contribution in [0.15, 0.2) is 12.1 Å². The molecule has 0 nitrogen and oxygen atoms in total. The number of rotatable bonds is 0. The van der Waals surface area contributed by atoms with Crippen molar-refractivity contribution in [2.24, 2.45) is 0 Å². The molecule has 0 aliphatic carbocycles. The van der Waals surface area contributed by atoms with Crippen LogP contribution in [0, 0.1) is 32.0 Å². The lowest BCUT2D eigenvalue weighted by Gasteiger charge is -2.02. The standard InChI is InChI=1S/C10H9F/c1-4-9-5-6-10(11)8(3)7(9)2/h1,5-6H,2-3H3. The van der Waals surface area contributed by atoms with Crippen LogP contribution in [0.1, 0.15) is 16.7 Å². The van der Waals surface area contributed by atoms with E-state index >= 15 is 0 Å². The van der Waals surface area contributed by atoms with Gasteiger partial charge in [0.15, 0.2) is 0 Å². The molecule has 0 atom stereocenters. The zero-order chi connectivity index (χ0) is 8.43. The third-order valence-corrected chi connectivity index (χ3v) is 1.88. The first-order chi connectivity index (χ1) is 5.16. The van der Waals surface area contributed by atoms with Gasteiger partial charge < -0.3 is 0 Å². The van der Waals surface area contributed by atoms with Crippen LogP contribution in [-0.2, 0) is 0 Å². The minimum Gasteiger partial charge on any atom is -0.207 e. The van der Waals surface area contributed by atoms with E-state index in [4.69, 9.17) is 6.42 Å². The first-order valence-electron chi connectivity index (χ1n) is 3.39. The van der Waals surface area contributed by atoms with Crippen molar-refractivity contribution in [1.82, 2.24) is 0 Å². The minimum atomic E-state index is -0.193. The van der Waals surface area contributed by atoms with E-state index in [1.807, 2.05) is 6.92 Å². The zero-order valence-electron chi connectivity index (χ0n) is 6.61. The van der Waals surface area contributed by atoms with Gasteiger partial charge in [0, 0.05) is 5.56 Å². The van der Waals surface area contributed by atoms with Crippen molar-refractivity contribution < 1.29 is 4.39 Å². The average Bonchev–Trinajstić information content (AvgIpc) is 2.01. The Morgan fingerprint density at radius 1 is 1.27 bits per heavy atom. The van der Waals surface area contributed by atoms with Gasteiger partial charge in [-0.2, -0.15) is 0 Å². The van der Waals surface area contributed by atoms with Gasteiger partial charge in [-0.3, -0.25) is 0 Å². The van der Waals surface area contributed by atoms with E-state index in [1.165, 1.54) is 6.07 Å². The molecule has 0 heterocycles. The summed E-state index contributed by atoms with van der Waals surface area (Å²) in [4.78, 5) is 0. The number of hydrogen-bond acceptors (Lipinski definition) is 0. The van der Waals surface area contributed by atoms with Crippen molar-refractivity contribution in [2.75, 3.05) is 0 Å². The molecule has 11 heavy (non-hydrogen) atoms. The summed E-state index contributed by atoms with van der Waals surface area (Å²) >= 11 is 0. The maximum Gasteiger partial charge on any atom is 0.126 e. The first-order valence-corrected chi connectivity index (χ1v) is 3.39. The molecule has 0 aliphatic heterocycles. The highest BCUT2D eigenvalue weighted by Crippen LogP contribution is 2.14. The lowest BCUT2D eigenvalue weighted by Crippen LogP contribution is -1.90. The summed E-state index contributed by atoms with van der Waals surface area (Å²) in [6, 6.07) is 3.02. The van der Waals surface area contributed by atoms with Gasteiger partial charge in [-0.15, -0.1) is 6.42 Å². The van der Waals surface area contributed by atoms with E-state index in [0.29, 0.717) is 5.56 Å². The van der Waals surface area contributed by atoms with Crippen molar-refractivity contribution in [1.29, 1.82) is 0 Å². The summed E-state index contributed by atoms with van der Waals surface area (Å²) in [5, 5.41) is 0. The molecule has 0 aliphatic rings. The molecule has 0 amide bonds. The monoisotopic (exact) mass is 148 g/mol. The molecule has 0 saturated carbocycles. The van der Waals surface area contributed by atoms with E-state index in [-0.39, 0.29) is 5.82 Å². The average molecular weight is 148 g/mol. The van der Waals surface area contributed by atoms with Crippen LogP contribution in [0.5, 0.6) is 0 Å². The van der Waals surface area contributed by atoms with Gasteiger partial charge in [0.1, 0.15) is 5.82 Å². The fourth-order valence-electron chi connectivity index (χ4n) is 0.944. The van der Waals surface area contributed by atoms with E-state index in [0.717, 1.165) is 11.1 Å². The minimum absolute atomic E-state index is 0.193. The summed E-state index contributed by atoms with van der Waals surface area (Å²) in [5.41, 5.74) is 2.26. The van der Waals surface area contributed by atoms with E-state index in [9.17, 15) is 4.39 Å². The predicted molar refractivity (Wildman–Crippen MR) is 43.8 cm³/mol. The Morgan fingerprint density at radius 2 is 1.91 bits per heavy atom. The number of benzene rings is 1. The highest BCUT2D eigenvalue weighted by molar-refractivity contribution is 5.43. The van der Waals surface area contributed by atoms with Crippen molar-refractivity contribution in [2.45, 2.75) is 13.8 Å². The van der Waals surface area contributed by atoms with Crippen molar-refractivity contribution >= 4 is 0 Å². The lowest BCUT2D eigenvalue weighted by molar-refractivity contribution is 0.616.